The molecule has 2 unspecified atom stereocenters. The Balaban J connectivity index is 0.000000178. The number of nitrogens with one attached hydrogen (secondary N) is 1. The van der Waals surface area contributed by atoms with Crippen LogP contribution < -0.4 is 11.1 Å². The Bertz CT molecular complexity index is 888. The summed E-state index contributed by atoms with van der Waals surface area (Å²) < 4.78 is 5.63. The third kappa shape index (κ3) is 3.71. The minimum Gasteiger partial charge on any atom is -0.507 e. The smallest absolute Gasteiger partial charge is 0.198 e. The fourth-order valence-electron chi connectivity index (χ4n) is 3.54. The van der Waals surface area contributed by atoms with Gasteiger partial charge in [0.1, 0.15) is 5.75 Å². The average Bonchev–Trinajstić information content (AvgIpc) is 2.72. The van der Waals surface area contributed by atoms with Gasteiger partial charge in [-0.25, -0.2) is 0 Å². The van der Waals surface area contributed by atoms with E-state index < -0.39 is 0 Å². The number of ether oxygens (including phenoxy) is 1. The quantitative estimate of drug-likeness (QED) is 0.628. The van der Waals surface area contributed by atoms with Crippen molar-refractivity contribution in [3.8, 4) is 5.75 Å². The predicted molar refractivity (Wildman–Crippen MR) is 107 cm³/mol. The second-order valence-electron chi connectivity index (χ2n) is 7.26. The van der Waals surface area contributed by atoms with Crippen LogP contribution in [0.1, 0.15) is 52.1 Å². The first-order valence-electron chi connectivity index (χ1n) is 9.49. The molecule has 0 aromatic heterocycles. The molecule has 0 saturated carbocycles. The molecule has 1 aliphatic carbocycles. The summed E-state index contributed by atoms with van der Waals surface area (Å²) in [7, 11) is 0. The summed E-state index contributed by atoms with van der Waals surface area (Å²) in [5.41, 5.74) is 6.90. The molecule has 28 heavy (non-hydrogen) atoms. The fraction of sp³-hybridized carbons (Fsp3) is 0.364. The number of hydrogen-bond acceptors (Lipinski definition) is 6. The van der Waals surface area contributed by atoms with Crippen molar-refractivity contribution in [2.24, 2.45) is 5.73 Å². The molecule has 1 fully saturated rings. The minimum absolute atomic E-state index is 0.108. The van der Waals surface area contributed by atoms with Gasteiger partial charge in [0.05, 0.1) is 17.8 Å². The molecule has 0 amide bonds. The maximum Gasteiger partial charge on any atom is 0.198 e. The first-order valence-corrected chi connectivity index (χ1v) is 9.49. The molecular formula is C22H26N2O4. The van der Waals surface area contributed by atoms with Gasteiger partial charge in [0, 0.05) is 35.8 Å². The van der Waals surface area contributed by atoms with E-state index in [9.17, 15) is 14.7 Å². The number of benzene rings is 2. The zero-order chi connectivity index (χ0) is 20.3. The van der Waals surface area contributed by atoms with Gasteiger partial charge in [0.2, 0.25) is 0 Å². The first-order chi connectivity index (χ1) is 13.4. The summed E-state index contributed by atoms with van der Waals surface area (Å²) in [6.45, 7) is 6.78. The molecule has 1 heterocycles. The van der Waals surface area contributed by atoms with Gasteiger partial charge < -0.3 is 20.9 Å². The Morgan fingerprint density at radius 3 is 2.36 bits per heavy atom. The zero-order valence-corrected chi connectivity index (χ0v) is 16.2. The maximum atomic E-state index is 12.2. The number of phenolic OH excluding ortho intramolecular Hbond substituents is 1. The Labute approximate surface area is 164 Å². The lowest BCUT2D eigenvalue weighted by atomic mass is 9.84. The molecule has 0 spiro atoms. The lowest BCUT2D eigenvalue weighted by molar-refractivity contribution is -0.0693. The second kappa shape index (κ2) is 8.22. The van der Waals surface area contributed by atoms with Gasteiger partial charge in [-0.15, -0.1) is 0 Å². The summed E-state index contributed by atoms with van der Waals surface area (Å²) in [5, 5.41) is 13.0. The molecule has 2 aromatic carbocycles. The molecule has 2 aromatic rings. The predicted octanol–water partition coefficient (Wildman–Crippen LogP) is 2.27. The first kappa shape index (κ1) is 20.2. The van der Waals surface area contributed by atoms with Crippen LogP contribution in [0.3, 0.4) is 0 Å². The van der Waals surface area contributed by atoms with Crippen molar-refractivity contribution in [2.75, 3.05) is 19.7 Å². The Morgan fingerprint density at radius 2 is 1.75 bits per heavy atom. The van der Waals surface area contributed by atoms with Crippen LogP contribution in [0.4, 0.5) is 0 Å². The number of aromatic hydroxyl groups is 1. The highest BCUT2D eigenvalue weighted by atomic mass is 16.5. The van der Waals surface area contributed by atoms with Gasteiger partial charge >= 0.3 is 0 Å². The highest BCUT2D eigenvalue weighted by Crippen LogP contribution is 2.32. The number of phenols is 1. The van der Waals surface area contributed by atoms with Crippen LogP contribution in [-0.4, -0.2) is 48.0 Å². The summed E-state index contributed by atoms with van der Waals surface area (Å²) in [4.78, 5) is 24.3. The van der Waals surface area contributed by atoms with Crippen molar-refractivity contribution in [2.45, 2.75) is 31.9 Å². The standard InChI is InChI=1S/C14H8O3.C8H18N2O/c15-11-7-3-6-10-12(11)14(17)9-5-2-1-4-8(9)13(10)16;1-3-7(9)8(2)6-10-4-5-11-8/h1-7,15H;7,10H,3-6,9H2,1-2H3. The number of fused-ring (bicyclic) bond motifs is 2. The van der Waals surface area contributed by atoms with Gasteiger partial charge in [-0.2, -0.15) is 0 Å². The van der Waals surface area contributed by atoms with Crippen LogP contribution in [0, 0.1) is 0 Å². The lowest BCUT2D eigenvalue weighted by Crippen LogP contribution is -2.57. The topological polar surface area (TPSA) is 102 Å². The van der Waals surface area contributed by atoms with Crippen molar-refractivity contribution in [3.63, 3.8) is 0 Å². The van der Waals surface area contributed by atoms with E-state index in [1.165, 1.54) is 6.07 Å². The summed E-state index contributed by atoms with van der Waals surface area (Å²) in [6.07, 6.45) is 0.970. The number of nitrogens with two attached hydrogens (primary N) is 1. The van der Waals surface area contributed by atoms with E-state index in [1.807, 2.05) is 0 Å². The second-order valence-corrected chi connectivity index (χ2v) is 7.26. The van der Waals surface area contributed by atoms with Crippen LogP contribution in [0.5, 0.6) is 5.75 Å². The Hall–Kier alpha value is -2.54. The molecule has 6 heteroatoms. The van der Waals surface area contributed by atoms with E-state index in [2.05, 4.69) is 19.2 Å². The highest BCUT2D eigenvalue weighted by molar-refractivity contribution is 6.29. The molecule has 4 N–H and O–H groups in total. The zero-order valence-electron chi connectivity index (χ0n) is 16.2. The van der Waals surface area contributed by atoms with Gasteiger partial charge in [0.15, 0.2) is 11.6 Å². The SMILES string of the molecule is CCC(N)C1(C)CNCCO1.O=C1c2ccccc2C(=O)c2c(O)cccc21. The third-order valence-corrected chi connectivity index (χ3v) is 5.34. The van der Waals surface area contributed by atoms with E-state index in [4.69, 9.17) is 10.5 Å². The van der Waals surface area contributed by atoms with Crippen molar-refractivity contribution in [1.82, 2.24) is 5.32 Å². The molecular weight excluding hydrogens is 356 g/mol. The summed E-state index contributed by atoms with van der Waals surface area (Å²) in [5.74, 6) is -0.658. The molecule has 2 aliphatic rings. The molecule has 148 valence electrons. The highest BCUT2D eigenvalue weighted by Gasteiger charge is 2.33. The van der Waals surface area contributed by atoms with Crippen LogP contribution >= 0.6 is 0 Å². The number of hydrogen-bond donors (Lipinski definition) is 3. The van der Waals surface area contributed by atoms with Crippen LogP contribution in [0.2, 0.25) is 0 Å². The molecule has 0 bridgehead atoms. The normalized spacial score (nSPS) is 21.8. The summed E-state index contributed by atoms with van der Waals surface area (Å²) >= 11 is 0. The van der Waals surface area contributed by atoms with Crippen LogP contribution in [0.25, 0.3) is 0 Å². The molecule has 4 rings (SSSR count). The number of rotatable bonds is 2. The Morgan fingerprint density at radius 1 is 1.11 bits per heavy atom. The van der Waals surface area contributed by atoms with Gasteiger partial charge in [-0.05, 0) is 19.4 Å². The summed E-state index contributed by atoms with van der Waals surface area (Å²) in [6, 6.07) is 11.3. The fourth-order valence-corrected chi connectivity index (χ4v) is 3.54. The largest absolute Gasteiger partial charge is 0.507 e. The van der Waals surface area contributed by atoms with Crippen LogP contribution in [-0.2, 0) is 4.74 Å². The van der Waals surface area contributed by atoms with E-state index in [1.54, 1.807) is 36.4 Å². The number of morpholine rings is 1. The van der Waals surface area contributed by atoms with Crippen LogP contribution in [0.15, 0.2) is 42.5 Å². The van der Waals surface area contributed by atoms with E-state index in [-0.39, 0.29) is 40.1 Å². The molecule has 6 nitrogen and oxygen atoms in total. The van der Waals surface area contributed by atoms with Crippen molar-refractivity contribution in [3.05, 3.63) is 64.7 Å². The monoisotopic (exact) mass is 382 g/mol. The maximum absolute atomic E-state index is 12.2. The van der Waals surface area contributed by atoms with E-state index in [0.717, 1.165) is 26.1 Å². The third-order valence-electron chi connectivity index (χ3n) is 5.34. The van der Waals surface area contributed by atoms with E-state index >= 15 is 0 Å². The molecule has 1 aliphatic heterocycles. The van der Waals surface area contributed by atoms with Crippen molar-refractivity contribution in [1.29, 1.82) is 0 Å². The lowest BCUT2D eigenvalue weighted by Gasteiger charge is -2.38. The van der Waals surface area contributed by atoms with Gasteiger partial charge in [0.25, 0.3) is 0 Å². The number of carbonyl (C=O) groups excluding carboxylic acids is 2. The average molecular weight is 382 g/mol. The molecule has 0 radical (unpaired) electrons. The van der Waals surface area contributed by atoms with Gasteiger partial charge in [-0.3, -0.25) is 9.59 Å². The minimum atomic E-state index is -0.298. The number of ketones is 2. The molecule has 2 atom stereocenters. The Kier molecular flexibility index (Phi) is 5.93. The molecule has 1 saturated heterocycles. The van der Waals surface area contributed by atoms with E-state index in [0.29, 0.717) is 11.1 Å². The number of carbonyl (C=O) groups is 2. The van der Waals surface area contributed by atoms with Gasteiger partial charge in [-0.1, -0.05) is 43.3 Å². The van der Waals surface area contributed by atoms with Crippen molar-refractivity contribution < 1.29 is 19.4 Å². The van der Waals surface area contributed by atoms with Crippen molar-refractivity contribution >= 4 is 11.6 Å².